The fourth-order valence-electron chi connectivity index (χ4n) is 1.73. The SMILES string of the molecule is CCSc1cnc(-c2ccccc2O)nc1N(C)C. The Bertz CT molecular complexity index is 572. The van der Waals surface area contributed by atoms with Gasteiger partial charge >= 0.3 is 0 Å². The van der Waals surface area contributed by atoms with Gasteiger partial charge in [0.25, 0.3) is 0 Å². The zero-order valence-electron chi connectivity index (χ0n) is 11.3. The zero-order valence-corrected chi connectivity index (χ0v) is 12.1. The van der Waals surface area contributed by atoms with Crippen molar-refractivity contribution < 1.29 is 5.11 Å². The van der Waals surface area contributed by atoms with Gasteiger partial charge in [-0.15, -0.1) is 11.8 Å². The second-order valence-corrected chi connectivity index (χ2v) is 5.53. The van der Waals surface area contributed by atoms with Gasteiger partial charge < -0.3 is 10.0 Å². The minimum atomic E-state index is 0.197. The van der Waals surface area contributed by atoms with E-state index >= 15 is 0 Å². The van der Waals surface area contributed by atoms with E-state index in [4.69, 9.17) is 0 Å². The first kappa shape index (κ1) is 13.7. The molecular formula is C14H17N3OS. The van der Waals surface area contributed by atoms with Crippen molar-refractivity contribution in [2.24, 2.45) is 0 Å². The van der Waals surface area contributed by atoms with E-state index in [-0.39, 0.29) is 5.75 Å². The fraction of sp³-hybridized carbons (Fsp3) is 0.286. The van der Waals surface area contributed by atoms with Crippen molar-refractivity contribution in [2.75, 3.05) is 24.7 Å². The highest BCUT2D eigenvalue weighted by atomic mass is 32.2. The first-order chi connectivity index (χ1) is 9.13. The van der Waals surface area contributed by atoms with E-state index in [1.165, 1.54) is 0 Å². The summed E-state index contributed by atoms with van der Waals surface area (Å²) >= 11 is 1.71. The highest BCUT2D eigenvalue weighted by Gasteiger charge is 2.12. The molecule has 0 unspecified atom stereocenters. The Kier molecular flexibility index (Phi) is 4.27. The summed E-state index contributed by atoms with van der Waals surface area (Å²) in [6, 6.07) is 7.11. The van der Waals surface area contributed by atoms with Crippen molar-refractivity contribution in [1.29, 1.82) is 0 Å². The standard InChI is InChI=1S/C14H17N3OS/c1-4-19-12-9-15-13(16-14(12)17(2)3)10-7-5-6-8-11(10)18/h5-9,18H,4H2,1-3H3. The second kappa shape index (κ2) is 5.93. The predicted molar refractivity (Wildman–Crippen MR) is 79.9 cm³/mol. The molecule has 1 N–H and O–H groups in total. The molecule has 0 fully saturated rings. The molecule has 2 rings (SSSR count). The number of hydrogen-bond acceptors (Lipinski definition) is 5. The van der Waals surface area contributed by atoms with Crippen LogP contribution in [0.15, 0.2) is 35.4 Å². The lowest BCUT2D eigenvalue weighted by molar-refractivity contribution is 0.477. The van der Waals surface area contributed by atoms with Crippen molar-refractivity contribution in [3.63, 3.8) is 0 Å². The van der Waals surface area contributed by atoms with Gasteiger partial charge in [-0.2, -0.15) is 0 Å². The number of aromatic hydroxyl groups is 1. The van der Waals surface area contributed by atoms with Crippen LogP contribution in [-0.2, 0) is 0 Å². The van der Waals surface area contributed by atoms with Gasteiger partial charge in [-0.3, -0.25) is 0 Å². The molecule has 0 aliphatic heterocycles. The Hall–Kier alpha value is -1.75. The molecule has 0 saturated carbocycles. The monoisotopic (exact) mass is 275 g/mol. The largest absolute Gasteiger partial charge is 0.507 e. The molecule has 19 heavy (non-hydrogen) atoms. The molecular weight excluding hydrogens is 258 g/mol. The van der Waals surface area contributed by atoms with Crippen molar-refractivity contribution in [3.8, 4) is 17.1 Å². The topological polar surface area (TPSA) is 49.3 Å². The van der Waals surface area contributed by atoms with Gasteiger partial charge in [0, 0.05) is 20.3 Å². The summed E-state index contributed by atoms with van der Waals surface area (Å²) in [7, 11) is 3.91. The molecule has 0 bridgehead atoms. The minimum absolute atomic E-state index is 0.197. The van der Waals surface area contributed by atoms with E-state index in [1.807, 2.05) is 37.3 Å². The van der Waals surface area contributed by atoms with E-state index in [9.17, 15) is 5.11 Å². The van der Waals surface area contributed by atoms with Crippen LogP contribution in [0.1, 0.15) is 6.92 Å². The second-order valence-electron chi connectivity index (χ2n) is 4.23. The smallest absolute Gasteiger partial charge is 0.165 e. The fourth-order valence-corrected chi connectivity index (χ4v) is 2.53. The van der Waals surface area contributed by atoms with Crippen LogP contribution in [0.5, 0.6) is 5.75 Å². The Morgan fingerprint density at radius 2 is 2.00 bits per heavy atom. The molecule has 1 aromatic heterocycles. The third kappa shape index (κ3) is 2.98. The van der Waals surface area contributed by atoms with E-state index in [2.05, 4.69) is 16.9 Å². The summed E-state index contributed by atoms with van der Waals surface area (Å²) in [5.41, 5.74) is 0.652. The van der Waals surface area contributed by atoms with E-state index in [0.717, 1.165) is 16.5 Å². The molecule has 0 aliphatic carbocycles. The number of nitrogens with zero attached hydrogens (tertiary/aromatic N) is 3. The van der Waals surface area contributed by atoms with Gasteiger partial charge in [-0.05, 0) is 17.9 Å². The summed E-state index contributed by atoms with van der Waals surface area (Å²) in [6.07, 6.45) is 1.82. The summed E-state index contributed by atoms with van der Waals surface area (Å²) in [6.45, 7) is 2.10. The molecule has 100 valence electrons. The predicted octanol–water partition coefficient (Wildman–Crippen LogP) is 3.03. The number of phenolic OH excluding ortho intramolecular Hbond substituents is 1. The molecule has 2 aromatic rings. The molecule has 0 spiro atoms. The Labute approximate surface area is 117 Å². The highest BCUT2D eigenvalue weighted by Crippen LogP contribution is 2.31. The third-order valence-electron chi connectivity index (χ3n) is 2.60. The number of aromatic nitrogens is 2. The van der Waals surface area contributed by atoms with Gasteiger partial charge in [-0.1, -0.05) is 19.1 Å². The molecule has 4 nitrogen and oxygen atoms in total. The van der Waals surface area contributed by atoms with E-state index in [1.54, 1.807) is 23.9 Å². The lowest BCUT2D eigenvalue weighted by Gasteiger charge is -2.16. The molecule has 0 radical (unpaired) electrons. The molecule has 1 heterocycles. The zero-order chi connectivity index (χ0) is 13.8. The molecule has 1 aromatic carbocycles. The summed E-state index contributed by atoms with van der Waals surface area (Å²) in [5.74, 6) is 2.59. The number of anilines is 1. The number of phenols is 1. The van der Waals surface area contributed by atoms with Gasteiger partial charge in [0.1, 0.15) is 11.6 Å². The summed E-state index contributed by atoms with van der Waals surface area (Å²) in [4.78, 5) is 11.9. The number of benzene rings is 1. The van der Waals surface area contributed by atoms with Crippen LogP contribution in [0.2, 0.25) is 0 Å². The van der Waals surface area contributed by atoms with Crippen LogP contribution >= 0.6 is 11.8 Å². The number of hydrogen-bond donors (Lipinski definition) is 1. The van der Waals surface area contributed by atoms with Gasteiger partial charge in [0.2, 0.25) is 0 Å². The van der Waals surface area contributed by atoms with Crippen molar-refractivity contribution in [3.05, 3.63) is 30.5 Å². The first-order valence-corrected chi connectivity index (χ1v) is 7.07. The Morgan fingerprint density at radius 1 is 1.26 bits per heavy atom. The number of thioether (sulfide) groups is 1. The summed E-state index contributed by atoms with van der Waals surface area (Å²) in [5, 5.41) is 9.87. The quantitative estimate of drug-likeness (QED) is 0.869. The lowest BCUT2D eigenvalue weighted by Crippen LogP contribution is -2.13. The van der Waals surface area contributed by atoms with Crippen LogP contribution in [0.4, 0.5) is 5.82 Å². The highest BCUT2D eigenvalue weighted by molar-refractivity contribution is 7.99. The van der Waals surface area contributed by atoms with Crippen LogP contribution in [-0.4, -0.2) is 34.9 Å². The lowest BCUT2D eigenvalue weighted by atomic mass is 10.2. The van der Waals surface area contributed by atoms with Gasteiger partial charge in [0.05, 0.1) is 10.5 Å². The molecule has 0 atom stereocenters. The van der Waals surface area contributed by atoms with Gasteiger partial charge in [0.15, 0.2) is 5.82 Å². The van der Waals surface area contributed by atoms with Crippen LogP contribution in [0.3, 0.4) is 0 Å². The van der Waals surface area contributed by atoms with E-state index < -0.39 is 0 Å². The van der Waals surface area contributed by atoms with Crippen LogP contribution in [0, 0.1) is 0 Å². The Morgan fingerprint density at radius 3 is 2.63 bits per heavy atom. The normalized spacial score (nSPS) is 10.5. The maximum absolute atomic E-state index is 9.87. The van der Waals surface area contributed by atoms with Crippen LogP contribution < -0.4 is 4.90 Å². The number of para-hydroxylation sites is 1. The average Bonchev–Trinajstić information content (AvgIpc) is 2.40. The van der Waals surface area contributed by atoms with Gasteiger partial charge in [-0.25, -0.2) is 9.97 Å². The number of rotatable bonds is 4. The molecule has 0 amide bonds. The molecule has 5 heteroatoms. The van der Waals surface area contributed by atoms with Crippen molar-refractivity contribution in [1.82, 2.24) is 9.97 Å². The minimum Gasteiger partial charge on any atom is -0.507 e. The third-order valence-corrected chi connectivity index (χ3v) is 3.49. The van der Waals surface area contributed by atoms with Crippen molar-refractivity contribution >= 4 is 17.6 Å². The van der Waals surface area contributed by atoms with Crippen molar-refractivity contribution in [2.45, 2.75) is 11.8 Å². The van der Waals surface area contributed by atoms with E-state index in [0.29, 0.717) is 11.4 Å². The average molecular weight is 275 g/mol. The maximum Gasteiger partial charge on any atom is 0.165 e. The molecule has 0 aliphatic rings. The maximum atomic E-state index is 9.87. The summed E-state index contributed by atoms with van der Waals surface area (Å²) < 4.78 is 0. The first-order valence-electron chi connectivity index (χ1n) is 6.09. The molecule has 0 saturated heterocycles. The Balaban J connectivity index is 2.49. The van der Waals surface area contributed by atoms with Crippen LogP contribution in [0.25, 0.3) is 11.4 Å².